The van der Waals surface area contributed by atoms with Gasteiger partial charge in [0.1, 0.15) is 11.9 Å². The first kappa shape index (κ1) is 26.8. The minimum Gasteiger partial charge on any atom is -0.484 e. The van der Waals surface area contributed by atoms with Gasteiger partial charge >= 0.3 is 0 Å². The quantitative estimate of drug-likeness (QED) is 0.218. The first-order valence-corrected chi connectivity index (χ1v) is 13.9. The van der Waals surface area contributed by atoms with Crippen molar-refractivity contribution in [2.24, 2.45) is 0 Å². The van der Waals surface area contributed by atoms with Gasteiger partial charge in [-0.15, -0.1) is 0 Å². The molecule has 0 saturated heterocycles. The van der Waals surface area contributed by atoms with Gasteiger partial charge in [0.15, 0.2) is 6.61 Å². The predicted molar refractivity (Wildman–Crippen MR) is 167 cm³/mol. The summed E-state index contributed by atoms with van der Waals surface area (Å²) in [5.41, 5.74) is 6.28. The Balaban J connectivity index is 1.33. The molecule has 0 fully saturated rings. The van der Waals surface area contributed by atoms with Gasteiger partial charge in [-0.2, -0.15) is 0 Å². The number of hydrogen-bond donors (Lipinski definition) is 1. The van der Waals surface area contributed by atoms with Crippen LogP contribution in [0, 0.1) is 6.92 Å². The number of ether oxygens (including phenoxy) is 1. The number of carbonyl (C=O) groups excluding carboxylic acids is 2. The van der Waals surface area contributed by atoms with E-state index in [1.165, 1.54) is 0 Å². The number of nitrogens with zero attached hydrogens (tertiary/aromatic N) is 2. The number of carbonyl (C=O) groups is 2. The van der Waals surface area contributed by atoms with E-state index >= 15 is 0 Å². The molecule has 1 N–H and O–H groups in total. The maximum Gasteiger partial charge on any atom is 0.262 e. The van der Waals surface area contributed by atoms with Crippen LogP contribution in [0.5, 0.6) is 5.75 Å². The Kier molecular flexibility index (Phi) is 7.68. The normalized spacial score (nSPS) is 14.3. The highest BCUT2D eigenvalue weighted by Crippen LogP contribution is 2.42. The predicted octanol–water partition coefficient (Wildman–Crippen LogP) is 7.38. The zero-order valence-corrected chi connectivity index (χ0v) is 23.3. The van der Waals surface area contributed by atoms with Gasteiger partial charge in [0.05, 0.1) is 11.3 Å². The van der Waals surface area contributed by atoms with Crippen molar-refractivity contribution in [2.75, 3.05) is 21.7 Å². The number of amides is 2. The number of nitrogens with one attached hydrogen (secondary N) is 1. The molecular formula is C36H31N3O3. The summed E-state index contributed by atoms with van der Waals surface area (Å²) >= 11 is 0. The summed E-state index contributed by atoms with van der Waals surface area (Å²) in [7, 11) is 0. The Labute approximate surface area is 245 Å². The fraction of sp³-hybridized carbons (Fsp3) is 0.111. The summed E-state index contributed by atoms with van der Waals surface area (Å²) in [4.78, 5) is 30.7. The van der Waals surface area contributed by atoms with Crippen LogP contribution in [0.4, 0.5) is 17.1 Å². The SMILES string of the molecule is Cc1ccc(N2C(=O)c3ccccc3N(Cc3ccccc3)[C@@H]2c2ccc(OCC(=O)Nc3ccccc3)cc2)cc1. The second-order valence-electron chi connectivity index (χ2n) is 10.3. The van der Waals surface area contributed by atoms with Crippen molar-refractivity contribution in [1.82, 2.24) is 0 Å². The monoisotopic (exact) mass is 553 g/mol. The number of aryl methyl sites for hydroxylation is 1. The molecule has 1 aliphatic heterocycles. The van der Waals surface area contributed by atoms with E-state index in [2.05, 4.69) is 22.3 Å². The molecule has 208 valence electrons. The minimum absolute atomic E-state index is 0.0540. The summed E-state index contributed by atoms with van der Waals surface area (Å²) in [6.45, 7) is 2.53. The number of para-hydroxylation sites is 2. The Hall–Kier alpha value is -5.36. The molecule has 5 aromatic carbocycles. The zero-order chi connectivity index (χ0) is 28.9. The Bertz CT molecular complexity index is 1670. The zero-order valence-electron chi connectivity index (χ0n) is 23.3. The number of anilines is 3. The van der Waals surface area contributed by atoms with Gasteiger partial charge in [0.25, 0.3) is 11.8 Å². The van der Waals surface area contributed by atoms with Crippen LogP contribution in [0.3, 0.4) is 0 Å². The van der Waals surface area contributed by atoms with E-state index < -0.39 is 6.17 Å². The van der Waals surface area contributed by atoms with E-state index in [1.807, 2.05) is 133 Å². The molecule has 6 heteroatoms. The summed E-state index contributed by atoms with van der Waals surface area (Å²) in [5, 5.41) is 2.83. The minimum atomic E-state index is -0.411. The van der Waals surface area contributed by atoms with Crippen molar-refractivity contribution >= 4 is 28.9 Å². The molecule has 0 bridgehead atoms. The second-order valence-corrected chi connectivity index (χ2v) is 10.3. The third-order valence-electron chi connectivity index (χ3n) is 7.32. The lowest BCUT2D eigenvalue weighted by molar-refractivity contribution is -0.118. The summed E-state index contributed by atoms with van der Waals surface area (Å²) in [6, 6.07) is 43.0. The first-order valence-electron chi connectivity index (χ1n) is 13.9. The Morgan fingerprint density at radius 1 is 0.762 bits per heavy atom. The van der Waals surface area contributed by atoms with Gasteiger partial charge in [-0.25, -0.2) is 0 Å². The van der Waals surface area contributed by atoms with Gasteiger partial charge in [-0.05, 0) is 66.6 Å². The van der Waals surface area contributed by atoms with Gasteiger partial charge in [-0.3, -0.25) is 14.5 Å². The third-order valence-corrected chi connectivity index (χ3v) is 7.32. The van der Waals surface area contributed by atoms with Crippen molar-refractivity contribution < 1.29 is 14.3 Å². The molecule has 1 atom stereocenters. The summed E-state index contributed by atoms with van der Waals surface area (Å²) in [6.07, 6.45) is -0.411. The van der Waals surface area contributed by atoms with E-state index in [0.717, 1.165) is 33.8 Å². The largest absolute Gasteiger partial charge is 0.484 e. The smallest absolute Gasteiger partial charge is 0.262 e. The molecule has 42 heavy (non-hydrogen) atoms. The highest BCUT2D eigenvalue weighted by Gasteiger charge is 2.39. The van der Waals surface area contributed by atoms with Crippen LogP contribution in [0.1, 0.15) is 33.2 Å². The number of benzene rings is 5. The summed E-state index contributed by atoms with van der Waals surface area (Å²) in [5.74, 6) is 0.280. The molecular weight excluding hydrogens is 522 g/mol. The molecule has 1 aliphatic rings. The molecule has 2 amide bonds. The van der Waals surface area contributed by atoms with Crippen LogP contribution >= 0.6 is 0 Å². The van der Waals surface area contributed by atoms with Crippen LogP contribution in [0.15, 0.2) is 133 Å². The molecule has 5 aromatic rings. The van der Waals surface area contributed by atoms with Crippen LogP contribution < -0.4 is 19.9 Å². The molecule has 0 aliphatic carbocycles. The lowest BCUT2D eigenvalue weighted by Gasteiger charge is -2.46. The van der Waals surface area contributed by atoms with Crippen molar-refractivity contribution in [1.29, 1.82) is 0 Å². The van der Waals surface area contributed by atoms with Gasteiger partial charge in [0.2, 0.25) is 0 Å². The van der Waals surface area contributed by atoms with Gasteiger partial charge < -0.3 is 15.0 Å². The molecule has 1 heterocycles. The number of rotatable bonds is 8. The highest BCUT2D eigenvalue weighted by atomic mass is 16.5. The van der Waals surface area contributed by atoms with Gasteiger partial charge in [0, 0.05) is 17.9 Å². The Morgan fingerprint density at radius 2 is 1.40 bits per heavy atom. The molecule has 6 rings (SSSR count). The maximum atomic E-state index is 14.1. The van der Waals surface area contributed by atoms with Crippen LogP contribution in [0.25, 0.3) is 0 Å². The molecule has 0 radical (unpaired) electrons. The van der Waals surface area contributed by atoms with Gasteiger partial charge in [-0.1, -0.05) is 90.5 Å². The average molecular weight is 554 g/mol. The fourth-order valence-electron chi connectivity index (χ4n) is 5.27. The highest BCUT2D eigenvalue weighted by molar-refractivity contribution is 6.12. The third kappa shape index (κ3) is 5.74. The second kappa shape index (κ2) is 12.0. The average Bonchev–Trinajstić information content (AvgIpc) is 3.03. The lowest BCUT2D eigenvalue weighted by Crippen LogP contribution is -2.49. The van der Waals surface area contributed by atoms with Crippen LogP contribution in [-0.2, 0) is 11.3 Å². The molecule has 0 aromatic heterocycles. The van der Waals surface area contributed by atoms with Crippen molar-refractivity contribution in [2.45, 2.75) is 19.6 Å². The number of hydrogen-bond acceptors (Lipinski definition) is 4. The van der Waals surface area contributed by atoms with E-state index in [0.29, 0.717) is 17.9 Å². The molecule has 0 saturated carbocycles. The molecule has 0 unspecified atom stereocenters. The topological polar surface area (TPSA) is 61.9 Å². The van der Waals surface area contributed by atoms with Crippen molar-refractivity contribution in [3.63, 3.8) is 0 Å². The van der Waals surface area contributed by atoms with Crippen molar-refractivity contribution in [3.8, 4) is 5.75 Å². The maximum absolute atomic E-state index is 14.1. The fourth-order valence-corrected chi connectivity index (χ4v) is 5.27. The van der Waals surface area contributed by atoms with E-state index in [1.54, 1.807) is 0 Å². The van der Waals surface area contributed by atoms with E-state index in [9.17, 15) is 9.59 Å². The first-order chi connectivity index (χ1) is 20.6. The number of fused-ring (bicyclic) bond motifs is 1. The van der Waals surface area contributed by atoms with E-state index in [-0.39, 0.29) is 18.4 Å². The van der Waals surface area contributed by atoms with E-state index in [4.69, 9.17) is 4.74 Å². The Morgan fingerprint density at radius 3 is 2.12 bits per heavy atom. The van der Waals surface area contributed by atoms with Crippen molar-refractivity contribution in [3.05, 3.63) is 156 Å². The summed E-state index contributed by atoms with van der Waals surface area (Å²) < 4.78 is 5.80. The van der Waals surface area contributed by atoms with Crippen LogP contribution in [-0.4, -0.2) is 18.4 Å². The molecule has 0 spiro atoms. The van der Waals surface area contributed by atoms with Crippen LogP contribution in [0.2, 0.25) is 0 Å². The molecule has 6 nitrogen and oxygen atoms in total. The standard InChI is InChI=1S/C36H31N3O3/c1-26-16-20-30(21-17-26)39-35(28-18-22-31(23-19-28)42-25-34(40)37-29-12-6-3-7-13-29)38(24-27-10-4-2-5-11-27)33-15-9-8-14-32(33)36(39)41/h2-23,35H,24-25H2,1H3,(H,37,40)/t35-/m0/s1. The lowest BCUT2D eigenvalue weighted by atomic mass is 9.99.